The lowest BCUT2D eigenvalue weighted by molar-refractivity contribution is -0.131. The van der Waals surface area contributed by atoms with Crippen molar-refractivity contribution in [1.82, 2.24) is 15.5 Å². The Morgan fingerprint density at radius 1 is 1.03 bits per heavy atom. The van der Waals surface area contributed by atoms with Crippen LogP contribution in [0.15, 0.2) is 53.5 Å². The highest BCUT2D eigenvalue weighted by Crippen LogP contribution is 2.17. The van der Waals surface area contributed by atoms with Gasteiger partial charge in [-0.15, -0.1) is 0 Å². The Morgan fingerprint density at radius 3 is 2.32 bits per heavy atom. The zero-order valence-corrected chi connectivity index (χ0v) is 18.1. The van der Waals surface area contributed by atoms with Crippen molar-refractivity contribution in [1.29, 1.82) is 0 Å². The Labute approximate surface area is 182 Å². The van der Waals surface area contributed by atoms with Crippen molar-refractivity contribution in [3.8, 4) is 5.75 Å². The summed E-state index contributed by atoms with van der Waals surface area (Å²) in [6.07, 6.45) is 0.403. The maximum Gasteiger partial charge on any atom is 0.224 e. The molecule has 2 aromatic rings. The number of nitrogens with one attached hydrogen (secondary N) is 2. The molecule has 0 spiro atoms. The van der Waals surface area contributed by atoms with Crippen molar-refractivity contribution in [2.24, 2.45) is 4.99 Å². The summed E-state index contributed by atoms with van der Waals surface area (Å²) in [5, 5.41) is 6.44. The first kappa shape index (κ1) is 22.4. The largest absolute Gasteiger partial charge is 0.497 e. The minimum Gasteiger partial charge on any atom is -0.497 e. The number of ether oxygens (including phenoxy) is 1. The predicted octanol–water partition coefficient (Wildman–Crippen LogP) is 2.24. The van der Waals surface area contributed by atoms with Gasteiger partial charge in [0.15, 0.2) is 5.96 Å². The fourth-order valence-electron chi connectivity index (χ4n) is 3.46. The van der Waals surface area contributed by atoms with Gasteiger partial charge in [-0.1, -0.05) is 12.1 Å². The molecule has 1 aliphatic rings. The second kappa shape index (κ2) is 11.2. The number of halogens is 1. The van der Waals surface area contributed by atoms with Crippen molar-refractivity contribution in [2.75, 3.05) is 51.8 Å². The highest BCUT2D eigenvalue weighted by Gasteiger charge is 2.21. The lowest BCUT2D eigenvalue weighted by Gasteiger charge is -2.36. The van der Waals surface area contributed by atoms with E-state index in [1.165, 1.54) is 12.1 Å². The molecule has 7 nitrogen and oxygen atoms in total. The second-order valence-electron chi connectivity index (χ2n) is 7.29. The lowest BCUT2D eigenvalue weighted by atomic mass is 10.2. The van der Waals surface area contributed by atoms with Crippen LogP contribution in [0.1, 0.15) is 12.0 Å². The smallest absolute Gasteiger partial charge is 0.224 e. The maximum absolute atomic E-state index is 13.1. The van der Waals surface area contributed by atoms with E-state index in [1.807, 2.05) is 29.2 Å². The molecule has 0 atom stereocenters. The van der Waals surface area contributed by atoms with Gasteiger partial charge in [0.25, 0.3) is 0 Å². The monoisotopic (exact) mass is 427 g/mol. The molecule has 3 rings (SSSR count). The van der Waals surface area contributed by atoms with Crippen LogP contribution in [-0.2, 0) is 11.3 Å². The molecule has 1 amide bonds. The highest BCUT2D eigenvalue weighted by molar-refractivity contribution is 5.81. The van der Waals surface area contributed by atoms with E-state index in [9.17, 15) is 9.18 Å². The molecule has 2 N–H and O–H groups in total. The van der Waals surface area contributed by atoms with E-state index < -0.39 is 0 Å². The normalized spacial score (nSPS) is 14.4. The fraction of sp³-hybridized carbons (Fsp3) is 0.391. The van der Waals surface area contributed by atoms with E-state index in [-0.39, 0.29) is 11.7 Å². The number of rotatable bonds is 7. The van der Waals surface area contributed by atoms with Crippen LogP contribution in [-0.4, -0.2) is 63.6 Å². The number of hydrogen-bond donors (Lipinski definition) is 2. The minimum absolute atomic E-state index is 0.122. The minimum atomic E-state index is -0.237. The Balaban J connectivity index is 1.36. The van der Waals surface area contributed by atoms with E-state index in [2.05, 4.69) is 20.5 Å². The number of guanidine groups is 1. The molecule has 0 radical (unpaired) electrons. The van der Waals surface area contributed by atoms with Crippen molar-refractivity contribution in [3.63, 3.8) is 0 Å². The number of anilines is 1. The van der Waals surface area contributed by atoms with Gasteiger partial charge < -0.3 is 25.2 Å². The van der Waals surface area contributed by atoms with E-state index in [0.717, 1.165) is 30.1 Å². The zero-order valence-electron chi connectivity index (χ0n) is 18.1. The summed E-state index contributed by atoms with van der Waals surface area (Å²) in [7, 11) is 3.35. The fourth-order valence-corrected chi connectivity index (χ4v) is 3.46. The summed E-state index contributed by atoms with van der Waals surface area (Å²) in [6.45, 7) is 3.97. The van der Waals surface area contributed by atoms with Gasteiger partial charge in [-0.2, -0.15) is 0 Å². The van der Waals surface area contributed by atoms with Crippen LogP contribution in [0.4, 0.5) is 10.1 Å². The number of nitrogens with zero attached hydrogens (tertiary/aromatic N) is 3. The number of carbonyl (C=O) groups excluding carboxylic acids is 1. The number of hydrogen-bond acceptors (Lipinski definition) is 4. The van der Waals surface area contributed by atoms with Crippen molar-refractivity contribution in [2.45, 2.75) is 13.0 Å². The van der Waals surface area contributed by atoms with E-state index in [1.54, 1.807) is 26.3 Å². The van der Waals surface area contributed by atoms with Crippen LogP contribution in [0.2, 0.25) is 0 Å². The topological polar surface area (TPSA) is 69.2 Å². The van der Waals surface area contributed by atoms with Gasteiger partial charge in [-0.05, 0) is 42.0 Å². The summed E-state index contributed by atoms with van der Waals surface area (Å²) < 4.78 is 18.3. The van der Waals surface area contributed by atoms with Crippen LogP contribution in [0.3, 0.4) is 0 Å². The number of methoxy groups -OCH3 is 1. The van der Waals surface area contributed by atoms with Gasteiger partial charge in [0, 0.05) is 58.4 Å². The Morgan fingerprint density at radius 2 is 1.71 bits per heavy atom. The first-order chi connectivity index (χ1) is 15.1. The van der Waals surface area contributed by atoms with Crippen LogP contribution >= 0.6 is 0 Å². The van der Waals surface area contributed by atoms with Gasteiger partial charge in [-0.25, -0.2) is 4.39 Å². The van der Waals surface area contributed by atoms with Crippen LogP contribution < -0.4 is 20.3 Å². The molecular formula is C23H30FN5O2. The first-order valence-electron chi connectivity index (χ1n) is 10.4. The van der Waals surface area contributed by atoms with Gasteiger partial charge >= 0.3 is 0 Å². The summed E-state index contributed by atoms with van der Waals surface area (Å²) in [5.74, 6) is 1.36. The van der Waals surface area contributed by atoms with Crippen LogP contribution in [0.5, 0.6) is 5.75 Å². The van der Waals surface area contributed by atoms with Crippen molar-refractivity contribution in [3.05, 3.63) is 59.9 Å². The quantitative estimate of drug-likeness (QED) is 0.524. The summed E-state index contributed by atoms with van der Waals surface area (Å²) in [6, 6.07) is 14.3. The molecule has 8 heteroatoms. The molecule has 0 unspecified atom stereocenters. The third-order valence-corrected chi connectivity index (χ3v) is 5.30. The van der Waals surface area contributed by atoms with Gasteiger partial charge in [0.05, 0.1) is 7.11 Å². The van der Waals surface area contributed by atoms with Crippen LogP contribution in [0, 0.1) is 5.82 Å². The van der Waals surface area contributed by atoms with E-state index in [0.29, 0.717) is 38.6 Å². The SMILES string of the molecule is CN=C(NCCC(=O)N1CCN(c2ccc(F)cc2)CC1)NCc1ccc(OC)cc1. The first-order valence-corrected chi connectivity index (χ1v) is 10.4. The number of amides is 1. The van der Waals surface area contributed by atoms with Gasteiger partial charge in [0.2, 0.25) is 5.91 Å². The standard InChI is InChI=1S/C23H30FN5O2/c1-25-23(27-17-18-3-9-21(31-2)10-4-18)26-12-11-22(30)29-15-13-28(14-16-29)20-7-5-19(24)6-8-20/h3-10H,11-17H2,1-2H3,(H2,25,26,27). The molecule has 1 fully saturated rings. The van der Waals surface area contributed by atoms with E-state index >= 15 is 0 Å². The molecule has 2 aromatic carbocycles. The zero-order chi connectivity index (χ0) is 22.1. The number of piperazine rings is 1. The number of carbonyl (C=O) groups is 1. The maximum atomic E-state index is 13.1. The molecule has 166 valence electrons. The molecule has 0 aliphatic carbocycles. The van der Waals surface area contributed by atoms with E-state index in [4.69, 9.17) is 4.74 Å². The molecule has 1 heterocycles. The average Bonchev–Trinajstić information content (AvgIpc) is 2.82. The van der Waals surface area contributed by atoms with Gasteiger partial charge in [0.1, 0.15) is 11.6 Å². The second-order valence-corrected chi connectivity index (χ2v) is 7.29. The molecule has 0 aromatic heterocycles. The predicted molar refractivity (Wildman–Crippen MR) is 121 cm³/mol. The number of benzene rings is 2. The third-order valence-electron chi connectivity index (χ3n) is 5.30. The average molecular weight is 428 g/mol. The lowest BCUT2D eigenvalue weighted by Crippen LogP contribution is -2.49. The van der Waals surface area contributed by atoms with Crippen LogP contribution in [0.25, 0.3) is 0 Å². The molecule has 1 saturated heterocycles. The number of aliphatic imine (C=N–C) groups is 1. The van der Waals surface area contributed by atoms with Crippen molar-refractivity contribution >= 4 is 17.6 Å². The summed E-state index contributed by atoms with van der Waals surface area (Å²) in [5.41, 5.74) is 2.10. The van der Waals surface area contributed by atoms with Crippen molar-refractivity contribution < 1.29 is 13.9 Å². The molecule has 1 aliphatic heterocycles. The Bertz CT molecular complexity index is 863. The summed E-state index contributed by atoms with van der Waals surface area (Å²) in [4.78, 5) is 20.8. The molecule has 31 heavy (non-hydrogen) atoms. The molecule has 0 bridgehead atoms. The van der Waals surface area contributed by atoms with Gasteiger partial charge in [-0.3, -0.25) is 9.79 Å². The Kier molecular flexibility index (Phi) is 8.09. The Hall–Kier alpha value is -3.29. The molecular weight excluding hydrogens is 397 g/mol. The third kappa shape index (κ3) is 6.60. The summed E-state index contributed by atoms with van der Waals surface area (Å²) >= 11 is 0. The molecule has 0 saturated carbocycles. The highest BCUT2D eigenvalue weighted by atomic mass is 19.1.